The van der Waals surface area contributed by atoms with Crippen molar-refractivity contribution in [3.05, 3.63) is 84.6 Å². The number of ether oxygens (including phenoxy) is 1. The molecule has 2 aromatic rings. The van der Waals surface area contributed by atoms with Crippen LogP contribution in [-0.2, 0) is 23.0 Å². The van der Waals surface area contributed by atoms with E-state index in [1.54, 1.807) is 26.4 Å². The number of amidine groups is 1. The molecule has 9 heteroatoms. The molecular weight excluding hydrogens is 533 g/mol. The van der Waals surface area contributed by atoms with E-state index in [4.69, 9.17) is 4.74 Å². The van der Waals surface area contributed by atoms with Crippen LogP contribution in [0.3, 0.4) is 0 Å². The predicted octanol–water partition coefficient (Wildman–Crippen LogP) is 7.13. The SMILES string of the molecule is C=CN(CC[C@H](C)C(=O)O)C(=C)c1ccc(NC(=NC)c2ncc(C(=C)C(C)[C@@H](C)/C(OC)=C(\C)F)n2C)cc1CC. The third-order valence-corrected chi connectivity index (χ3v) is 7.88. The van der Waals surface area contributed by atoms with E-state index in [0.29, 0.717) is 30.4 Å². The predicted molar refractivity (Wildman–Crippen MR) is 171 cm³/mol. The molecule has 228 valence electrons. The molecule has 0 radical (unpaired) electrons. The van der Waals surface area contributed by atoms with Crippen molar-refractivity contribution in [3.63, 3.8) is 0 Å². The van der Waals surface area contributed by atoms with Crippen molar-refractivity contribution in [1.29, 1.82) is 0 Å². The molecule has 0 spiro atoms. The molecule has 0 aliphatic carbocycles. The molecule has 1 heterocycles. The maximum atomic E-state index is 14.0. The van der Waals surface area contributed by atoms with Crippen molar-refractivity contribution in [2.24, 2.45) is 29.8 Å². The lowest BCUT2D eigenvalue weighted by molar-refractivity contribution is -0.141. The minimum Gasteiger partial charge on any atom is -0.498 e. The van der Waals surface area contributed by atoms with Gasteiger partial charge in [-0.1, -0.05) is 53.5 Å². The number of aromatic nitrogens is 2. The van der Waals surface area contributed by atoms with Gasteiger partial charge in [-0.15, -0.1) is 0 Å². The van der Waals surface area contributed by atoms with Crippen LogP contribution in [-0.4, -0.2) is 52.1 Å². The molecule has 0 saturated carbocycles. The molecule has 0 aliphatic heterocycles. The van der Waals surface area contributed by atoms with Crippen molar-refractivity contribution in [1.82, 2.24) is 14.5 Å². The number of rotatable bonds is 15. The molecule has 0 amide bonds. The van der Waals surface area contributed by atoms with Crippen LogP contribution in [0, 0.1) is 17.8 Å². The van der Waals surface area contributed by atoms with Crippen molar-refractivity contribution in [3.8, 4) is 0 Å². The van der Waals surface area contributed by atoms with Gasteiger partial charge in [0.2, 0.25) is 0 Å². The van der Waals surface area contributed by atoms with Gasteiger partial charge in [-0.3, -0.25) is 9.79 Å². The summed E-state index contributed by atoms with van der Waals surface area (Å²) < 4.78 is 21.2. The van der Waals surface area contributed by atoms with Gasteiger partial charge in [0.05, 0.1) is 24.9 Å². The van der Waals surface area contributed by atoms with Crippen LogP contribution in [0.4, 0.5) is 10.1 Å². The zero-order valence-electron chi connectivity index (χ0n) is 26.3. The van der Waals surface area contributed by atoms with Crippen LogP contribution in [0.1, 0.15) is 63.7 Å². The fourth-order valence-electron chi connectivity index (χ4n) is 4.87. The normalized spacial score (nSPS) is 14.4. The topological polar surface area (TPSA) is 92.0 Å². The quantitative estimate of drug-likeness (QED) is 0.132. The molecule has 0 saturated heterocycles. The highest BCUT2D eigenvalue weighted by atomic mass is 19.1. The number of halogens is 1. The third-order valence-electron chi connectivity index (χ3n) is 7.88. The molecule has 1 aromatic heterocycles. The van der Waals surface area contributed by atoms with Crippen molar-refractivity contribution in [2.75, 3.05) is 26.0 Å². The monoisotopic (exact) mass is 579 g/mol. The summed E-state index contributed by atoms with van der Waals surface area (Å²) >= 11 is 0. The summed E-state index contributed by atoms with van der Waals surface area (Å²) in [6, 6.07) is 6.00. The number of methoxy groups -OCH3 is 1. The average molecular weight is 580 g/mol. The number of nitrogens with zero attached hydrogens (tertiary/aromatic N) is 4. The molecule has 3 atom stereocenters. The number of carboxylic acids is 1. The van der Waals surface area contributed by atoms with Gasteiger partial charge < -0.3 is 24.6 Å². The first kappa shape index (κ1) is 34.1. The molecule has 2 rings (SSSR count). The summed E-state index contributed by atoms with van der Waals surface area (Å²) in [5.74, 6) is -0.397. The minimum atomic E-state index is -0.819. The van der Waals surface area contributed by atoms with E-state index < -0.39 is 11.9 Å². The smallest absolute Gasteiger partial charge is 0.306 e. The Bertz CT molecular complexity index is 1370. The van der Waals surface area contributed by atoms with Crippen LogP contribution >= 0.6 is 0 Å². The Morgan fingerprint density at radius 3 is 2.48 bits per heavy atom. The Hall–Kier alpha value is -4.14. The second-order valence-electron chi connectivity index (χ2n) is 10.5. The fraction of sp³-hybridized carbons (Fsp3) is 0.424. The zero-order chi connectivity index (χ0) is 31.7. The summed E-state index contributed by atoms with van der Waals surface area (Å²) in [4.78, 5) is 22.2. The number of aryl methyl sites for hydroxylation is 1. The Morgan fingerprint density at radius 1 is 1.29 bits per heavy atom. The largest absolute Gasteiger partial charge is 0.498 e. The summed E-state index contributed by atoms with van der Waals surface area (Å²) in [5, 5.41) is 12.6. The number of allylic oxidation sites excluding steroid dienone is 3. The Kier molecular flexibility index (Phi) is 12.3. The number of aliphatic imine (C=N–C) groups is 1. The fourth-order valence-corrected chi connectivity index (χ4v) is 4.87. The number of aliphatic carboxylic acids is 1. The number of hydrogen-bond acceptors (Lipinski definition) is 5. The third kappa shape index (κ3) is 7.78. The van der Waals surface area contributed by atoms with Crippen molar-refractivity contribution < 1.29 is 19.0 Å². The van der Waals surface area contributed by atoms with Gasteiger partial charge in [-0.25, -0.2) is 9.37 Å². The van der Waals surface area contributed by atoms with Crippen LogP contribution in [0.15, 0.2) is 66.9 Å². The first-order valence-electron chi connectivity index (χ1n) is 14.1. The molecule has 0 aliphatic rings. The lowest BCUT2D eigenvalue weighted by Gasteiger charge is -2.25. The Labute approximate surface area is 250 Å². The van der Waals surface area contributed by atoms with Crippen molar-refractivity contribution in [2.45, 2.75) is 47.5 Å². The molecule has 0 bridgehead atoms. The van der Waals surface area contributed by atoms with Crippen LogP contribution in [0.2, 0.25) is 0 Å². The summed E-state index contributed by atoms with van der Waals surface area (Å²) in [6.07, 6.45) is 4.68. The number of imidazole rings is 1. The van der Waals surface area contributed by atoms with Gasteiger partial charge in [0.25, 0.3) is 0 Å². The molecule has 8 nitrogen and oxygen atoms in total. The van der Waals surface area contributed by atoms with Crippen LogP contribution in [0.25, 0.3) is 11.3 Å². The lowest BCUT2D eigenvalue weighted by Crippen LogP contribution is -2.22. The highest BCUT2D eigenvalue weighted by molar-refractivity contribution is 6.06. The maximum Gasteiger partial charge on any atom is 0.306 e. The van der Waals surface area contributed by atoms with E-state index in [-0.39, 0.29) is 17.7 Å². The number of hydrogen-bond donors (Lipinski definition) is 2. The van der Waals surface area contributed by atoms with Gasteiger partial charge in [-0.05, 0) is 55.2 Å². The molecular formula is C33H46FN5O3. The second-order valence-corrected chi connectivity index (χ2v) is 10.5. The molecule has 1 aromatic carbocycles. The van der Waals surface area contributed by atoms with E-state index in [1.807, 2.05) is 42.5 Å². The second kappa shape index (κ2) is 15.2. The highest BCUT2D eigenvalue weighted by Crippen LogP contribution is 2.34. The molecule has 1 unspecified atom stereocenters. The van der Waals surface area contributed by atoms with Gasteiger partial charge >= 0.3 is 5.97 Å². The van der Waals surface area contributed by atoms with E-state index in [2.05, 4.69) is 48.0 Å². The highest BCUT2D eigenvalue weighted by Gasteiger charge is 2.26. The Morgan fingerprint density at radius 2 is 1.95 bits per heavy atom. The lowest BCUT2D eigenvalue weighted by atomic mass is 9.86. The van der Waals surface area contributed by atoms with Gasteiger partial charge in [-0.2, -0.15) is 0 Å². The first-order chi connectivity index (χ1) is 19.8. The first-order valence-corrected chi connectivity index (χ1v) is 14.1. The van der Waals surface area contributed by atoms with E-state index >= 15 is 0 Å². The number of benzene rings is 1. The molecule has 2 N–H and O–H groups in total. The number of carboxylic acid groups (broad SMARTS) is 1. The number of nitrogens with one attached hydrogen (secondary N) is 1. The minimum absolute atomic E-state index is 0.0981. The van der Waals surface area contributed by atoms with Gasteiger partial charge in [0.1, 0.15) is 11.6 Å². The van der Waals surface area contributed by atoms with Gasteiger partial charge in [0, 0.05) is 43.5 Å². The summed E-state index contributed by atoms with van der Waals surface area (Å²) in [5.41, 5.74) is 5.28. The summed E-state index contributed by atoms with van der Waals surface area (Å²) in [6.45, 7) is 22.1. The van der Waals surface area contributed by atoms with E-state index in [9.17, 15) is 14.3 Å². The molecule has 0 fully saturated rings. The number of carbonyl (C=O) groups is 1. The summed E-state index contributed by atoms with van der Waals surface area (Å²) in [7, 11) is 5.08. The molecule has 42 heavy (non-hydrogen) atoms. The average Bonchev–Trinajstić information content (AvgIpc) is 3.35. The Balaban J connectivity index is 2.29. The number of anilines is 1. The van der Waals surface area contributed by atoms with E-state index in [0.717, 1.165) is 40.2 Å². The standard InChI is InChI=1S/C33H46FN5O3/c1-12-26-18-27(14-15-28(26)25(8)39(13-2)17-16-20(3)33(40)41)37-31(35-9)32-36-19-29(38(32)10)22(5)21(4)23(6)30(42-11)24(7)34/h13-15,18-21,23H,2,5,8,12,16-17H2,1,3-4,6-7,9-11H3,(H,35,37)(H,40,41)/b30-24-/t20-,21?,23+/m0/s1. The van der Waals surface area contributed by atoms with Crippen LogP contribution in [0.5, 0.6) is 0 Å². The van der Waals surface area contributed by atoms with Gasteiger partial charge in [0.15, 0.2) is 11.7 Å². The van der Waals surface area contributed by atoms with Crippen molar-refractivity contribution >= 4 is 28.8 Å². The van der Waals surface area contributed by atoms with E-state index in [1.165, 1.54) is 14.0 Å². The zero-order valence-corrected chi connectivity index (χ0v) is 26.3. The van der Waals surface area contributed by atoms with Crippen LogP contribution < -0.4 is 5.32 Å². The maximum absolute atomic E-state index is 14.0.